The average Bonchev–Trinajstić information content (AvgIpc) is 1.65. The minimum absolute atomic E-state index is 0.159. The molecule has 0 radical (unpaired) electrons. The lowest BCUT2D eigenvalue weighted by atomic mass is 9.95. The van der Waals surface area contributed by atoms with Crippen molar-refractivity contribution in [2.75, 3.05) is 13.2 Å². The summed E-state index contributed by atoms with van der Waals surface area (Å²) in [6.07, 6.45) is 0. The van der Waals surface area contributed by atoms with E-state index in [4.69, 9.17) is 0 Å². The zero-order valence-corrected chi connectivity index (χ0v) is 4.45. The van der Waals surface area contributed by atoms with E-state index in [0.29, 0.717) is 12.0 Å². The van der Waals surface area contributed by atoms with Crippen LogP contribution in [0.25, 0.3) is 0 Å². The normalized spacial score (nSPS) is 40.3. The van der Waals surface area contributed by atoms with Crippen molar-refractivity contribution in [3.05, 3.63) is 0 Å². The molecule has 0 amide bonds. The van der Waals surface area contributed by atoms with Crippen LogP contribution in [-0.2, 0) is 0 Å². The SMILES string of the molecule is C[C@H]1NC[C@H]1CF. The van der Waals surface area contributed by atoms with Crippen LogP contribution in [0, 0.1) is 5.92 Å². The summed E-state index contributed by atoms with van der Waals surface area (Å²) in [7, 11) is 0. The van der Waals surface area contributed by atoms with Gasteiger partial charge in [-0.3, -0.25) is 4.39 Å². The van der Waals surface area contributed by atoms with Crippen molar-refractivity contribution in [2.45, 2.75) is 13.0 Å². The topological polar surface area (TPSA) is 12.0 Å². The molecule has 7 heavy (non-hydrogen) atoms. The Labute approximate surface area is 42.9 Å². The molecular formula is C5H10FN. The molecule has 1 N–H and O–H groups in total. The van der Waals surface area contributed by atoms with Gasteiger partial charge in [-0.2, -0.15) is 0 Å². The summed E-state index contributed by atoms with van der Waals surface area (Å²) in [5.41, 5.74) is 0. The van der Waals surface area contributed by atoms with Gasteiger partial charge >= 0.3 is 0 Å². The first-order chi connectivity index (χ1) is 3.34. The number of rotatable bonds is 1. The van der Waals surface area contributed by atoms with Crippen LogP contribution in [0.1, 0.15) is 6.92 Å². The summed E-state index contributed by atoms with van der Waals surface area (Å²) in [5.74, 6) is 0.306. The van der Waals surface area contributed by atoms with Gasteiger partial charge < -0.3 is 5.32 Å². The first-order valence-electron chi connectivity index (χ1n) is 2.64. The Hall–Kier alpha value is -0.110. The summed E-state index contributed by atoms with van der Waals surface area (Å²) in [6, 6.07) is 0.421. The highest BCUT2D eigenvalue weighted by atomic mass is 19.1. The van der Waals surface area contributed by atoms with Gasteiger partial charge in [-0.15, -0.1) is 0 Å². The van der Waals surface area contributed by atoms with Gasteiger partial charge in [0.1, 0.15) is 0 Å². The molecule has 1 fully saturated rings. The Bertz CT molecular complexity index is 63.1. The van der Waals surface area contributed by atoms with E-state index in [1.807, 2.05) is 6.92 Å². The summed E-state index contributed by atoms with van der Waals surface area (Å²) < 4.78 is 11.6. The van der Waals surface area contributed by atoms with Gasteiger partial charge in [-0.05, 0) is 6.92 Å². The number of alkyl halides is 1. The van der Waals surface area contributed by atoms with Gasteiger partial charge in [0.2, 0.25) is 0 Å². The Morgan fingerprint density at radius 3 is 2.57 bits per heavy atom. The lowest BCUT2D eigenvalue weighted by molar-refractivity contribution is 0.199. The van der Waals surface area contributed by atoms with E-state index in [9.17, 15) is 4.39 Å². The van der Waals surface area contributed by atoms with E-state index in [0.717, 1.165) is 6.54 Å². The fourth-order valence-electron chi connectivity index (χ4n) is 0.708. The van der Waals surface area contributed by atoms with Gasteiger partial charge in [-0.25, -0.2) is 0 Å². The molecule has 0 aromatic rings. The van der Waals surface area contributed by atoms with E-state index in [2.05, 4.69) is 5.32 Å². The van der Waals surface area contributed by atoms with Gasteiger partial charge in [0, 0.05) is 18.5 Å². The molecule has 0 aromatic heterocycles. The standard InChI is InChI=1S/C5H10FN/c1-4-5(2-6)3-7-4/h4-5,7H,2-3H2,1H3/t4-,5-/m1/s1. The minimum atomic E-state index is -0.159. The summed E-state index contributed by atoms with van der Waals surface area (Å²) in [6.45, 7) is 2.72. The summed E-state index contributed by atoms with van der Waals surface area (Å²) >= 11 is 0. The van der Waals surface area contributed by atoms with Gasteiger partial charge in [0.25, 0.3) is 0 Å². The maximum Gasteiger partial charge on any atom is 0.0949 e. The van der Waals surface area contributed by atoms with Crippen LogP contribution in [-0.4, -0.2) is 19.3 Å². The zero-order chi connectivity index (χ0) is 5.28. The number of hydrogen-bond donors (Lipinski definition) is 1. The number of nitrogens with one attached hydrogen (secondary N) is 1. The third-order valence-electron chi connectivity index (χ3n) is 1.61. The van der Waals surface area contributed by atoms with Crippen molar-refractivity contribution in [3.63, 3.8) is 0 Å². The maximum atomic E-state index is 11.6. The molecule has 1 heterocycles. The van der Waals surface area contributed by atoms with Crippen molar-refractivity contribution in [1.82, 2.24) is 5.32 Å². The van der Waals surface area contributed by atoms with Crippen LogP contribution >= 0.6 is 0 Å². The molecule has 1 nitrogen and oxygen atoms in total. The maximum absolute atomic E-state index is 11.6. The molecule has 1 aliphatic heterocycles. The third-order valence-corrected chi connectivity index (χ3v) is 1.61. The molecule has 42 valence electrons. The fourth-order valence-corrected chi connectivity index (χ4v) is 0.708. The lowest BCUT2D eigenvalue weighted by Gasteiger charge is -2.32. The average molecular weight is 103 g/mol. The third kappa shape index (κ3) is 0.752. The predicted molar refractivity (Wildman–Crippen MR) is 26.9 cm³/mol. The molecule has 0 saturated carbocycles. The van der Waals surface area contributed by atoms with Crippen molar-refractivity contribution in [3.8, 4) is 0 Å². The molecule has 0 aliphatic carbocycles. The Kier molecular flexibility index (Phi) is 1.28. The minimum Gasteiger partial charge on any atom is -0.313 e. The van der Waals surface area contributed by atoms with Gasteiger partial charge in [-0.1, -0.05) is 0 Å². The quantitative estimate of drug-likeness (QED) is 0.511. The second-order valence-electron chi connectivity index (χ2n) is 2.11. The summed E-state index contributed by atoms with van der Waals surface area (Å²) in [5, 5.41) is 3.07. The molecule has 2 atom stereocenters. The highest BCUT2D eigenvalue weighted by molar-refractivity contribution is 4.83. The molecule has 0 spiro atoms. The monoisotopic (exact) mass is 103 g/mol. The van der Waals surface area contributed by atoms with E-state index >= 15 is 0 Å². The van der Waals surface area contributed by atoms with E-state index in [1.54, 1.807) is 0 Å². The molecule has 0 bridgehead atoms. The fraction of sp³-hybridized carbons (Fsp3) is 1.00. The number of halogens is 1. The first-order valence-corrected chi connectivity index (χ1v) is 2.64. The highest BCUT2D eigenvalue weighted by Crippen LogP contribution is 2.11. The molecule has 2 heteroatoms. The Balaban J connectivity index is 2.16. The predicted octanol–water partition coefficient (Wildman–Crippen LogP) is 0.564. The van der Waals surface area contributed by atoms with E-state index in [1.165, 1.54) is 0 Å². The number of hydrogen-bond acceptors (Lipinski definition) is 1. The lowest BCUT2D eigenvalue weighted by Crippen LogP contribution is -2.51. The van der Waals surface area contributed by atoms with Crippen LogP contribution in [0.3, 0.4) is 0 Å². The largest absolute Gasteiger partial charge is 0.313 e. The van der Waals surface area contributed by atoms with Crippen LogP contribution in [0.2, 0.25) is 0 Å². The second-order valence-corrected chi connectivity index (χ2v) is 2.11. The van der Waals surface area contributed by atoms with Crippen molar-refractivity contribution in [2.24, 2.45) is 5.92 Å². The molecule has 1 saturated heterocycles. The van der Waals surface area contributed by atoms with Crippen molar-refractivity contribution >= 4 is 0 Å². The van der Waals surface area contributed by atoms with Crippen LogP contribution in [0.5, 0.6) is 0 Å². The summed E-state index contributed by atoms with van der Waals surface area (Å²) in [4.78, 5) is 0. The molecule has 0 aromatic carbocycles. The van der Waals surface area contributed by atoms with E-state index in [-0.39, 0.29) is 6.67 Å². The first kappa shape index (κ1) is 5.04. The van der Waals surface area contributed by atoms with E-state index < -0.39 is 0 Å². The highest BCUT2D eigenvalue weighted by Gasteiger charge is 2.24. The second kappa shape index (κ2) is 1.78. The van der Waals surface area contributed by atoms with Crippen LogP contribution in [0.4, 0.5) is 4.39 Å². The van der Waals surface area contributed by atoms with Crippen molar-refractivity contribution < 1.29 is 4.39 Å². The van der Waals surface area contributed by atoms with Crippen LogP contribution in [0.15, 0.2) is 0 Å². The molecule has 0 unspecified atom stereocenters. The van der Waals surface area contributed by atoms with Crippen LogP contribution < -0.4 is 5.32 Å². The smallest absolute Gasteiger partial charge is 0.0949 e. The Morgan fingerprint density at radius 2 is 2.57 bits per heavy atom. The van der Waals surface area contributed by atoms with Crippen molar-refractivity contribution in [1.29, 1.82) is 0 Å². The Morgan fingerprint density at radius 1 is 1.86 bits per heavy atom. The zero-order valence-electron chi connectivity index (χ0n) is 4.45. The van der Waals surface area contributed by atoms with Gasteiger partial charge in [0.05, 0.1) is 6.67 Å². The molecule has 1 aliphatic rings. The molecular weight excluding hydrogens is 93.1 g/mol. The van der Waals surface area contributed by atoms with Gasteiger partial charge in [0.15, 0.2) is 0 Å². The molecule has 1 rings (SSSR count).